The number of hydrogen-bond donors (Lipinski definition) is 1. The average molecular weight is 298 g/mol. The maximum atomic E-state index is 13.4. The molecule has 0 bridgehead atoms. The Morgan fingerprint density at radius 2 is 2.18 bits per heavy atom. The predicted octanol–water partition coefficient (Wildman–Crippen LogP) is 3.74. The lowest BCUT2D eigenvalue weighted by atomic mass is 10.2. The first-order valence-corrected chi connectivity index (χ1v) is 5.67. The van der Waals surface area contributed by atoms with Gasteiger partial charge < -0.3 is 9.73 Å². The molecule has 0 radical (unpaired) electrons. The monoisotopic (exact) mass is 297 g/mol. The summed E-state index contributed by atoms with van der Waals surface area (Å²) >= 11 is 3.21. The molecule has 1 amide bonds. The Balaban J connectivity index is 2.24. The number of furan rings is 1. The van der Waals surface area contributed by atoms with Crippen molar-refractivity contribution >= 4 is 27.5 Å². The summed E-state index contributed by atoms with van der Waals surface area (Å²) in [5, 5.41) is 2.46. The number of hydrogen-bond acceptors (Lipinski definition) is 2. The van der Waals surface area contributed by atoms with Crippen molar-refractivity contribution in [2.24, 2.45) is 0 Å². The van der Waals surface area contributed by atoms with E-state index in [2.05, 4.69) is 21.2 Å². The van der Waals surface area contributed by atoms with Crippen LogP contribution in [0.5, 0.6) is 0 Å². The second kappa shape index (κ2) is 4.71. The van der Waals surface area contributed by atoms with Gasteiger partial charge in [0.25, 0.3) is 5.91 Å². The third-order valence-electron chi connectivity index (χ3n) is 2.24. The van der Waals surface area contributed by atoms with E-state index in [1.807, 2.05) is 0 Å². The third-order valence-corrected chi connectivity index (χ3v) is 2.74. The van der Waals surface area contributed by atoms with Gasteiger partial charge in [0.15, 0.2) is 5.76 Å². The molecule has 1 N–H and O–H groups in total. The van der Waals surface area contributed by atoms with Crippen LogP contribution >= 0.6 is 15.9 Å². The zero-order valence-corrected chi connectivity index (χ0v) is 10.5. The molecule has 0 aliphatic rings. The van der Waals surface area contributed by atoms with Crippen LogP contribution in [0.1, 0.15) is 16.1 Å². The molecule has 0 spiro atoms. The van der Waals surface area contributed by atoms with Gasteiger partial charge in [0.1, 0.15) is 5.82 Å². The van der Waals surface area contributed by atoms with Gasteiger partial charge in [0.2, 0.25) is 0 Å². The molecule has 3 nitrogen and oxygen atoms in total. The number of rotatable bonds is 2. The zero-order valence-electron chi connectivity index (χ0n) is 8.96. The van der Waals surface area contributed by atoms with E-state index in [-0.39, 0.29) is 11.4 Å². The molecule has 0 fully saturated rings. The molecule has 1 aromatic heterocycles. The number of nitrogens with one attached hydrogen (secondary N) is 1. The fourth-order valence-corrected chi connectivity index (χ4v) is 1.74. The van der Waals surface area contributed by atoms with Gasteiger partial charge in [-0.15, -0.1) is 0 Å². The second-order valence-electron chi connectivity index (χ2n) is 3.51. The first-order chi connectivity index (χ1) is 8.08. The SMILES string of the molecule is Cc1ccoc1C(=O)Nc1cc(Br)ccc1F. The Morgan fingerprint density at radius 1 is 1.41 bits per heavy atom. The van der Waals surface area contributed by atoms with Gasteiger partial charge in [0, 0.05) is 10.0 Å². The summed E-state index contributed by atoms with van der Waals surface area (Å²) < 4.78 is 19.1. The van der Waals surface area contributed by atoms with Crippen molar-refractivity contribution in [1.82, 2.24) is 0 Å². The van der Waals surface area contributed by atoms with Crippen molar-refractivity contribution in [2.45, 2.75) is 6.92 Å². The quantitative estimate of drug-likeness (QED) is 0.917. The molecule has 0 unspecified atom stereocenters. The van der Waals surface area contributed by atoms with Gasteiger partial charge in [-0.25, -0.2) is 4.39 Å². The van der Waals surface area contributed by atoms with Gasteiger partial charge >= 0.3 is 0 Å². The van der Waals surface area contributed by atoms with Crippen LogP contribution in [0.15, 0.2) is 39.4 Å². The molecule has 0 saturated carbocycles. The number of amides is 1. The molecule has 0 atom stereocenters. The summed E-state index contributed by atoms with van der Waals surface area (Å²) in [6.07, 6.45) is 1.42. The molecule has 0 aliphatic heterocycles. The minimum atomic E-state index is -0.495. The normalized spacial score (nSPS) is 10.3. The van der Waals surface area contributed by atoms with Crippen molar-refractivity contribution in [2.75, 3.05) is 5.32 Å². The summed E-state index contributed by atoms with van der Waals surface area (Å²) in [4.78, 5) is 11.8. The fourth-order valence-electron chi connectivity index (χ4n) is 1.38. The van der Waals surface area contributed by atoms with E-state index in [0.717, 1.165) is 0 Å². The molecule has 2 rings (SSSR count). The number of carbonyl (C=O) groups excluding carboxylic acids is 1. The number of benzene rings is 1. The number of carbonyl (C=O) groups is 1. The topological polar surface area (TPSA) is 42.2 Å². The maximum absolute atomic E-state index is 13.4. The van der Waals surface area contributed by atoms with Gasteiger partial charge in [-0.1, -0.05) is 15.9 Å². The molecule has 5 heteroatoms. The lowest BCUT2D eigenvalue weighted by molar-refractivity contribution is 0.0995. The van der Waals surface area contributed by atoms with Crippen LogP contribution in [0.4, 0.5) is 10.1 Å². The predicted molar refractivity (Wildman–Crippen MR) is 65.5 cm³/mol. The van der Waals surface area contributed by atoms with E-state index in [4.69, 9.17) is 4.42 Å². The van der Waals surface area contributed by atoms with Crippen LogP contribution in [-0.2, 0) is 0 Å². The summed E-state index contributed by atoms with van der Waals surface area (Å²) in [6.45, 7) is 1.75. The number of aryl methyl sites for hydroxylation is 1. The molecule has 1 heterocycles. The average Bonchev–Trinajstić information content (AvgIpc) is 2.70. The minimum absolute atomic E-state index is 0.111. The smallest absolute Gasteiger partial charge is 0.291 e. The lowest BCUT2D eigenvalue weighted by Gasteiger charge is -2.05. The molecule has 1 aromatic carbocycles. The second-order valence-corrected chi connectivity index (χ2v) is 4.43. The molecule has 0 saturated heterocycles. The maximum Gasteiger partial charge on any atom is 0.291 e. The Kier molecular flexibility index (Phi) is 3.28. The van der Waals surface area contributed by atoms with Gasteiger partial charge in [-0.05, 0) is 31.2 Å². The van der Waals surface area contributed by atoms with E-state index >= 15 is 0 Å². The van der Waals surface area contributed by atoms with Crippen molar-refractivity contribution in [3.05, 3.63) is 52.1 Å². The highest BCUT2D eigenvalue weighted by Gasteiger charge is 2.14. The van der Waals surface area contributed by atoms with Gasteiger partial charge in [-0.2, -0.15) is 0 Å². The van der Waals surface area contributed by atoms with Crippen LogP contribution in [0, 0.1) is 12.7 Å². The highest BCUT2D eigenvalue weighted by Crippen LogP contribution is 2.21. The Labute approximate surface area is 106 Å². The fraction of sp³-hybridized carbons (Fsp3) is 0.0833. The standard InChI is InChI=1S/C12H9BrFNO2/c1-7-4-5-17-11(7)12(16)15-10-6-8(13)2-3-9(10)14/h2-6H,1H3,(H,15,16). The van der Waals surface area contributed by atoms with Crippen LogP contribution in [0.3, 0.4) is 0 Å². The summed E-state index contributed by atoms with van der Waals surface area (Å²) in [6, 6.07) is 6.00. The summed E-state index contributed by atoms with van der Waals surface area (Å²) in [5.74, 6) is -0.778. The molecular weight excluding hydrogens is 289 g/mol. The Hall–Kier alpha value is -1.62. The lowest BCUT2D eigenvalue weighted by Crippen LogP contribution is -2.13. The molecule has 17 heavy (non-hydrogen) atoms. The molecule has 88 valence electrons. The first kappa shape index (κ1) is 11.9. The number of anilines is 1. The third kappa shape index (κ3) is 2.55. The minimum Gasteiger partial charge on any atom is -0.459 e. The van der Waals surface area contributed by atoms with Crippen LogP contribution in [-0.4, -0.2) is 5.91 Å². The first-order valence-electron chi connectivity index (χ1n) is 4.88. The summed E-state index contributed by atoms with van der Waals surface area (Å²) in [5.41, 5.74) is 0.818. The van der Waals surface area contributed by atoms with Crippen LogP contribution < -0.4 is 5.32 Å². The van der Waals surface area contributed by atoms with Crippen molar-refractivity contribution in [1.29, 1.82) is 0 Å². The largest absolute Gasteiger partial charge is 0.459 e. The highest BCUT2D eigenvalue weighted by atomic mass is 79.9. The van der Waals surface area contributed by atoms with Gasteiger partial charge in [0.05, 0.1) is 12.0 Å². The molecular formula is C12H9BrFNO2. The van der Waals surface area contributed by atoms with E-state index in [0.29, 0.717) is 10.0 Å². The van der Waals surface area contributed by atoms with E-state index < -0.39 is 11.7 Å². The van der Waals surface area contributed by atoms with Crippen molar-refractivity contribution in [3.8, 4) is 0 Å². The Bertz CT molecular complexity index is 565. The summed E-state index contributed by atoms with van der Waals surface area (Å²) in [7, 11) is 0. The zero-order chi connectivity index (χ0) is 12.4. The van der Waals surface area contributed by atoms with E-state index in [1.165, 1.54) is 18.4 Å². The van der Waals surface area contributed by atoms with E-state index in [9.17, 15) is 9.18 Å². The van der Waals surface area contributed by atoms with Gasteiger partial charge in [-0.3, -0.25) is 4.79 Å². The molecule has 0 aliphatic carbocycles. The molecule has 2 aromatic rings. The van der Waals surface area contributed by atoms with Crippen molar-refractivity contribution < 1.29 is 13.6 Å². The van der Waals surface area contributed by atoms with Crippen LogP contribution in [0.25, 0.3) is 0 Å². The Morgan fingerprint density at radius 3 is 2.82 bits per heavy atom. The van der Waals surface area contributed by atoms with Crippen LogP contribution in [0.2, 0.25) is 0 Å². The van der Waals surface area contributed by atoms with E-state index in [1.54, 1.807) is 19.1 Å². The van der Waals surface area contributed by atoms with Crippen molar-refractivity contribution in [3.63, 3.8) is 0 Å². The number of halogens is 2. The highest BCUT2D eigenvalue weighted by molar-refractivity contribution is 9.10.